The van der Waals surface area contributed by atoms with E-state index >= 15 is 0 Å². The maximum absolute atomic E-state index is 3.60. The second kappa shape index (κ2) is 3.30. The van der Waals surface area contributed by atoms with Gasteiger partial charge in [-0.25, -0.2) is 0 Å². The zero-order chi connectivity index (χ0) is 9.42. The molecule has 1 aromatic rings. The highest BCUT2D eigenvalue weighted by atomic mass is 79.9. The van der Waals surface area contributed by atoms with Crippen LogP contribution in [-0.2, 0) is 6.42 Å². The zero-order valence-electron chi connectivity index (χ0n) is 7.97. The van der Waals surface area contributed by atoms with Crippen LogP contribution >= 0.6 is 15.9 Å². The van der Waals surface area contributed by atoms with Gasteiger partial charge in [-0.1, -0.05) is 46.6 Å². The Morgan fingerprint density at radius 1 is 1.38 bits per heavy atom. The van der Waals surface area contributed by atoms with Crippen LogP contribution in [-0.4, -0.2) is 0 Å². The molecule has 2 rings (SSSR count). The first-order valence-corrected chi connectivity index (χ1v) is 5.43. The van der Waals surface area contributed by atoms with Gasteiger partial charge in [-0.05, 0) is 36.5 Å². The molecule has 0 aromatic heterocycles. The van der Waals surface area contributed by atoms with Gasteiger partial charge in [0.15, 0.2) is 0 Å². The first-order chi connectivity index (χ1) is 6.18. The van der Waals surface area contributed by atoms with Crippen molar-refractivity contribution >= 4 is 22.0 Å². The van der Waals surface area contributed by atoms with E-state index in [1.165, 1.54) is 27.6 Å². The third kappa shape index (κ3) is 1.58. The van der Waals surface area contributed by atoms with Crippen LogP contribution in [0.2, 0.25) is 0 Å². The maximum atomic E-state index is 3.60. The van der Waals surface area contributed by atoms with Gasteiger partial charge in [0.25, 0.3) is 0 Å². The minimum absolute atomic E-state index is 0.686. The molecule has 0 aliphatic heterocycles. The van der Waals surface area contributed by atoms with Crippen molar-refractivity contribution < 1.29 is 0 Å². The Kier molecular flexibility index (Phi) is 2.29. The first kappa shape index (κ1) is 9.01. The van der Waals surface area contributed by atoms with Gasteiger partial charge in [0, 0.05) is 4.47 Å². The molecule has 1 heteroatoms. The van der Waals surface area contributed by atoms with E-state index in [0.717, 1.165) is 0 Å². The Labute approximate surface area is 87.8 Å². The summed E-state index contributed by atoms with van der Waals surface area (Å²) in [6.07, 6.45) is 3.47. The number of allylic oxidation sites excluding steroid dienone is 1. The Morgan fingerprint density at radius 2 is 2.15 bits per heavy atom. The lowest BCUT2D eigenvalue weighted by molar-refractivity contribution is 0.670. The van der Waals surface area contributed by atoms with Crippen molar-refractivity contribution in [1.82, 2.24) is 0 Å². The molecule has 0 fully saturated rings. The number of hydrogen-bond donors (Lipinski definition) is 0. The molecule has 1 aliphatic rings. The van der Waals surface area contributed by atoms with E-state index < -0.39 is 0 Å². The predicted octanol–water partition coefficient (Wildman–Crippen LogP) is 4.04. The molecule has 1 aliphatic carbocycles. The average Bonchev–Trinajstić information content (AvgIpc) is 2.09. The molecule has 1 atom stereocenters. The summed E-state index contributed by atoms with van der Waals surface area (Å²) in [6.45, 7) is 4.50. The van der Waals surface area contributed by atoms with Crippen LogP contribution in [0, 0.1) is 5.92 Å². The fourth-order valence-electron chi connectivity index (χ4n) is 1.78. The molecule has 68 valence electrons. The predicted molar refractivity (Wildman–Crippen MR) is 60.7 cm³/mol. The molecular formula is C12H13Br. The Hall–Kier alpha value is -0.560. The van der Waals surface area contributed by atoms with Gasteiger partial charge in [-0.3, -0.25) is 0 Å². The molecule has 0 radical (unpaired) electrons. The summed E-state index contributed by atoms with van der Waals surface area (Å²) in [7, 11) is 0. The van der Waals surface area contributed by atoms with Crippen LogP contribution in [0.15, 0.2) is 28.2 Å². The molecule has 0 unspecified atom stereocenters. The van der Waals surface area contributed by atoms with Crippen LogP contribution in [0.25, 0.3) is 6.08 Å². The summed E-state index contributed by atoms with van der Waals surface area (Å²) in [6, 6.07) is 6.41. The smallest absolute Gasteiger partial charge is 0.0213 e. The van der Waals surface area contributed by atoms with Gasteiger partial charge in [0.2, 0.25) is 0 Å². The molecule has 0 bridgehead atoms. The minimum atomic E-state index is 0.686. The van der Waals surface area contributed by atoms with Gasteiger partial charge < -0.3 is 0 Å². The van der Waals surface area contributed by atoms with Crippen molar-refractivity contribution in [3.8, 4) is 0 Å². The van der Waals surface area contributed by atoms with Crippen molar-refractivity contribution in [2.45, 2.75) is 20.3 Å². The Balaban J connectivity index is 2.56. The van der Waals surface area contributed by atoms with Crippen molar-refractivity contribution in [1.29, 1.82) is 0 Å². The van der Waals surface area contributed by atoms with E-state index in [1.54, 1.807) is 0 Å². The zero-order valence-corrected chi connectivity index (χ0v) is 9.56. The van der Waals surface area contributed by atoms with Crippen LogP contribution in [0.4, 0.5) is 0 Å². The topological polar surface area (TPSA) is 0 Å². The van der Waals surface area contributed by atoms with E-state index in [9.17, 15) is 0 Å². The van der Waals surface area contributed by atoms with E-state index in [4.69, 9.17) is 0 Å². The van der Waals surface area contributed by atoms with Crippen LogP contribution in [0.1, 0.15) is 25.0 Å². The van der Waals surface area contributed by atoms with Crippen molar-refractivity contribution in [2.24, 2.45) is 5.92 Å². The molecule has 0 saturated carbocycles. The fourth-order valence-corrected chi connectivity index (χ4v) is 2.32. The van der Waals surface area contributed by atoms with Gasteiger partial charge in [0.05, 0.1) is 0 Å². The second-order valence-corrected chi connectivity index (χ2v) is 4.66. The van der Waals surface area contributed by atoms with E-state index in [2.05, 4.69) is 54.1 Å². The van der Waals surface area contributed by atoms with Crippen molar-refractivity contribution in [3.05, 3.63) is 39.4 Å². The highest BCUT2D eigenvalue weighted by molar-refractivity contribution is 9.10. The standard InChI is InChI=1S/C12H13Br/c1-8-6-10-4-3-5-12(13)11(10)7-9(8)2/h3-6,9H,7H2,1-2H3/t9-/m0/s1. The van der Waals surface area contributed by atoms with Crippen LogP contribution in [0.5, 0.6) is 0 Å². The monoisotopic (exact) mass is 236 g/mol. The van der Waals surface area contributed by atoms with E-state index in [1.807, 2.05) is 0 Å². The third-order valence-corrected chi connectivity index (χ3v) is 3.57. The SMILES string of the molecule is CC1=Cc2cccc(Br)c2C[C@@H]1C. The highest BCUT2D eigenvalue weighted by Gasteiger charge is 2.15. The fraction of sp³-hybridized carbons (Fsp3) is 0.333. The second-order valence-electron chi connectivity index (χ2n) is 3.80. The van der Waals surface area contributed by atoms with E-state index in [0.29, 0.717) is 5.92 Å². The average molecular weight is 237 g/mol. The number of hydrogen-bond acceptors (Lipinski definition) is 0. The molecule has 0 N–H and O–H groups in total. The van der Waals surface area contributed by atoms with Gasteiger partial charge in [-0.15, -0.1) is 0 Å². The number of halogens is 1. The molecule has 0 nitrogen and oxygen atoms in total. The van der Waals surface area contributed by atoms with Crippen LogP contribution < -0.4 is 0 Å². The lowest BCUT2D eigenvalue weighted by atomic mass is 9.85. The quantitative estimate of drug-likeness (QED) is 0.638. The number of rotatable bonds is 0. The molecule has 0 heterocycles. The molecule has 0 amide bonds. The third-order valence-electron chi connectivity index (χ3n) is 2.83. The molecule has 0 saturated heterocycles. The normalized spacial score (nSPS) is 20.8. The van der Waals surface area contributed by atoms with Gasteiger partial charge in [0.1, 0.15) is 0 Å². The van der Waals surface area contributed by atoms with Crippen molar-refractivity contribution in [3.63, 3.8) is 0 Å². The first-order valence-electron chi connectivity index (χ1n) is 4.64. The van der Waals surface area contributed by atoms with Crippen molar-refractivity contribution in [2.75, 3.05) is 0 Å². The maximum Gasteiger partial charge on any atom is 0.0213 e. The lowest BCUT2D eigenvalue weighted by Crippen LogP contribution is -2.08. The van der Waals surface area contributed by atoms with E-state index in [-0.39, 0.29) is 0 Å². The summed E-state index contributed by atoms with van der Waals surface area (Å²) in [4.78, 5) is 0. The lowest BCUT2D eigenvalue weighted by Gasteiger charge is -2.21. The largest absolute Gasteiger partial charge is 0.0696 e. The molecule has 0 spiro atoms. The number of fused-ring (bicyclic) bond motifs is 1. The Bertz CT molecular complexity index is 363. The summed E-state index contributed by atoms with van der Waals surface area (Å²) in [5.74, 6) is 0.686. The molecular weight excluding hydrogens is 224 g/mol. The summed E-state index contributed by atoms with van der Waals surface area (Å²) in [5, 5.41) is 0. The minimum Gasteiger partial charge on any atom is -0.0696 e. The van der Waals surface area contributed by atoms with Crippen LogP contribution in [0.3, 0.4) is 0 Å². The molecule has 13 heavy (non-hydrogen) atoms. The summed E-state index contributed by atoms with van der Waals surface area (Å²) < 4.78 is 1.25. The highest BCUT2D eigenvalue weighted by Crippen LogP contribution is 2.32. The summed E-state index contributed by atoms with van der Waals surface area (Å²) in [5.41, 5.74) is 4.33. The number of benzene rings is 1. The summed E-state index contributed by atoms with van der Waals surface area (Å²) >= 11 is 3.60. The molecule has 1 aromatic carbocycles. The van der Waals surface area contributed by atoms with Gasteiger partial charge >= 0.3 is 0 Å². The Morgan fingerprint density at radius 3 is 2.92 bits per heavy atom. The van der Waals surface area contributed by atoms with Gasteiger partial charge in [-0.2, -0.15) is 0 Å².